The maximum absolute atomic E-state index is 12.0. The molecule has 0 unspecified atom stereocenters. The van der Waals surface area contributed by atoms with Crippen LogP contribution in [0, 0.1) is 10.5 Å². The summed E-state index contributed by atoms with van der Waals surface area (Å²) in [5, 5.41) is 0.219. The molecule has 19 heavy (non-hydrogen) atoms. The van der Waals surface area contributed by atoms with Gasteiger partial charge in [-0.2, -0.15) is 0 Å². The maximum atomic E-state index is 12.0. The standard InChI is InChI=1S/C12H11ClIN3O2/c1-7-3-9(19-2)4-8(16-7)5-17-6-15-11(13)10(14)12(17)18/h3-4,6H,5H2,1-2H3. The van der Waals surface area contributed by atoms with Gasteiger partial charge < -0.3 is 4.74 Å². The minimum atomic E-state index is -0.178. The topological polar surface area (TPSA) is 57.0 Å². The molecule has 0 aliphatic heterocycles. The van der Waals surface area contributed by atoms with Crippen molar-refractivity contribution in [2.45, 2.75) is 13.5 Å². The number of hydrogen-bond acceptors (Lipinski definition) is 4. The Hall–Kier alpha value is -1.15. The fraction of sp³-hybridized carbons (Fsp3) is 0.250. The van der Waals surface area contributed by atoms with Crippen LogP contribution in [0.25, 0.3) is 0 Å². The molecule has 0 saturated heterocycles. The van der Waals surface area contributed by atoms with E-state index in [9.17, 15) is 4.79 Å². The molecule has 0 aromatic carbocycles. The molecule has 0 spiro atoms. The fourth-order valence-electron chi connectivity index (χ4n) is 1.63. The van der Waals surface area contributed by atoms with Gasteiger partial charge in [0.1, 0.15) is 14.5 Å². The predicted octanol–water partition coefficient (Wildman–Crippen LogP) is 2.26. The van der Waals surface area contributed by atoms with Crippen molar-refractivity contribution in [3.63, 3.8) is 0 Å². The smallest absolute Gasteiger partial charge is 0.268 e. The molecule has 5 nitrogen and oxygen atoms in total. The van der Waals surface area contributed by atoms with Crippen molar-refractivity contribution >= 4 is 34.2 Å². The highest BCUT2D eigenvalue weighted by Gasteiger charge is 2.08. The Balaban J connectivity index is 2.39. The number of aryl methyl sites for hydroxylation is 1. The lowest BCUT2D eigenvalue weighted by molar-refractivity contribution is 0.412. The van der Waals surface area contributed by atoms with Crippen LogP contribution in [0.2, 0.25) is 5.15 Å². The summed E-state index contributed by atoms with van der Waals surface area (Å²) in [6.45, 7) is 2.20. The maximum Gasteiger partial charge on any atom is 0.268 e. The third-order valence-electron chi connectivity index (χ3n) is 2.49. The van der Waals surface area contributed by atoms with E-state index >= 15 is 0 Å². The molecule has 0 fully saturated rings. The molecule has 2 aromatic rings. The minimum absolute atomic E-state index is 0.178. The van der Waals surface area contributed by atoms with E-state index in [4.69, 9.17) is 16.3 Å². The summed E-state index contributed by atoms with van der Waals surface area (Å²) in [6, 6.07) is 3.62. The Morgan fingerprint density at radius 2 is 2.21 bits per heavy atom. The number of methoxy groups -OCH3 is 1. The molecule has 0 bridgehead atoms. The summed E-state index contributed by atoms with van der Waals surface area (Å²) in [4.78, 5) is 20.3. The van der Waals surface area contributed by atoms with Crippen LogP contribution < -0.4 is 10.3 Å². The first-order valence-corrected chi connectivity index (χ1v) is 6.89. The highest BCUT2D eigenvalue weighted by atomic mass is 127. The van der Waals surface area contributed by atoms with E-state index < -0.39 is 0 Å². The average Bonchev–Trinajstić information content (AvgIpc) is 2.39. The molecule has 0 saturated carbocycles. The van der Waals surface area contributed by atoms with Gasteiger partial charge in [0, 0.05) is 17.8 Å². The molecule has 7 heteroatoms. The molecular weight excluding hydrogens is 381 g/mol. The summed E-state index contributed by atoms with van der Waals surface area (Å²) < 4.78 is 7.05. The SMILES string of the molecule is COc1cc(C)nc(Cn2cnc(Cl)c(I)c2=O)c1. The molecule has 2 rings (SSSR count). The van der Waals surface area contributed by atoms with E-state index in [0.29, 0.717) is 15.9 Å². The summed E-state index contributed by atoms with van der Waals surface area (Å²) in [5.41, 5.74) is 1.39. The van der Waals surface area contributed by atoms with E-state index in [1.807, 2.05) is 35.6 Å². The second-order valence-electron chi connectivity index (χ2n) is 3.92. The van der Waals surface area contributed by atoms with Gasteiger partial charge in [-0.1, -0.05) is 11.6 Å². The van der Waals surface area contributed by atoms with Crippen molar-refractivity contribution in [1.29, 1.82) is 0 Å². The average molecular weight is 392 g/mol. The molecule has 100 valence electrons. The Morgan fingerprint density at radius 1 is 1.47 bits per heavy atom. The van der Waals surface area contributed by atoms with E-state index in [1.165, 1.54) is 10.9 Å². The summed E-state index contributed by atoms with van der Waals surface area (Å²) in [7, 11) is 1.59. The van der Waals surface area contributed by atoms with Crippen LogP contribution in [0.1, 0.15) is 11.4 Å². The summed E-state index contributed by atoms with van der Waals surface area (Å²) in [5.74, 6) is 0.715. The zero-order valence-electron chi connectivity index (χ0n) is 10.4. The number of pyridine rings is 1. The van der Waals surface area contributed by atoms with Crippen molar-refractivity contribution < 1.29 is 4.74 Å². The molecule has 0 amide bonds. The lowest BCUT2D eigenvalue weighted by atomic mass is 10.3. The van der Waals surface area contributed by atoms with Gasteiger partial charge in [-0.05, 0) is 29.5 Å². The predicted molar refractivity (Wildman–Crippen MR) is 80.9 cm³/mol. The molecular formula is C12H11ClIN3O2. The molecule has 0 N–H and O–H groups in total. The highest BCUT2D eigenvalue weighted by Crippen LogP contribution is 2.14. The molecule has 0 atom stereocenters. The lowest BCUT2D eigenvalue weighted by Gasteiger charge is -2.08. The zero-order valence-corrected chi connectivity index (χ0v) is 13.3. The van der Waals surface area contributed by atoms with E-state index in [2.05, 4.69) is 9.97 Å². The molecule has 2 heterocycles. The number of aromatic nitrogens is 3. The highest BCUT2D eigenvalue weighted by molar-refractivity contribution is 14.1. The largest absolute Gasteiger partial charge is 0.497 e. The molecule has 0 aliphatic rings. The van der Waals surface area contributed by atoms with Crippen molar-refractivity contribution in [3.05, 3.63) is 48.9 Å². The van der Waals surface area contributed by atoms with Gasteiger partial charge in [-0.3, -0.25) is 14.3 Å². The number of halogens is 2. The van der Waals surface area contributed by atoms with Gasteiger partial charge >= 0.3 is 0 Å². The van der Waals surface area contributed by atoms with Gasteiger partial charge in [-0.15, -0.1) is 0 Å². The Labute approximate surface area is 128 Å². The van der Waals surface area contributed by atoms with E-state index in [1.54, 1.807) is 13.2 Å². The number of ether oxygens (including phenoxy) is 1. The van der Waals surface area contributed by atoms with Gasteiger partial charge in [0.25, 0.3) is 5.56 Å². The van der Waals surface area contributed by atoms with E-state index in [-0.39, 0.29) is 10.7 Å². The van der Waals surface area contributed by atoms with Crippen molar-refractivity contribution in [2.24, 2.45) is 0 Å². The first-order valence-electron chi connectivity index (χ1n) is 5.43. The van der Waals surface area contributed by atoms with Gasteiger partial charge in [0.05, 0.1) is 25.7 Å². The second-order valence-corrected chi connectivity index (χ2v) is 5.36. The van der Waals surface area contributed by atoms with Crippen molar-refractivity contribution in [2.75, 3.05) is 7.11 Å². The van der Waals surface area contributed by atoms with Crippen LogP contribution in [0.15, 0.2) is 23.3 Å². The molecule has 2 aromatic heterocycles. The van der Waals surface area contributed by atoms with E-state index in [0.717, 1.165) is 11.4 Å². The van der Waals surface area contributed by atoms with Crippen molar-refractivity contribution in [1.82, 2.24) is 14.5 Å². The summed E-state index contributed by atoms with van der Waals surface area (Å²) >= 11 is 7.68. The monoisotopic (exact) mass is 391 g/mol. The van der Waals surface area contributed by atoms with Crippen LogP contribution in [0.3, 0.4) is 0 Å². The van der Waals surface area contributed by atoms with Crippen LogP contribution in [-0.4, -0.2) is 21.6 Å². The normalized spacial score (nSPS) is 10.5. The molecule has 0 aliphatic carbocycles. The second kappa shape index (κ2) is 5.87. The van der Waals surface area contributed by atoms with Gasteiger partial charge in [0.2, 0.25) is 0 Å². The first kappa shape index (κ1) is 14.3. The Morgan fingerprint density at radius 3 is 2.89 bits per heavy atom. The molecule has 0 radical (unpaired) electrons. The van der Waals surface area contributed by atoms with Gasteiger partial charge in [0.15, 0.2) is 0 Å². The lowest BCUT2D eigenvalue weighted by Crippen LogP contribution is -2.24. The van der Waals surface area contributed by atoms with Crippen LogP contribution in [0.5, 0.6) is 5.75 Å². The first-order chi connectivity index (χ1) is 9.01. The Kier molecular flexibility index (Phi) is 4.41. The van der Waals surface area contributed by atoms with Gasteiger partial charge in [-0.25, -0.2) is 4.98 Å². The zero-order chi connectivity index (χ0) is 14.0. The minimum Gasteiger partial charge on any atom is -0.497 e. The number of nitrogens with zero attached hydrogens (tertiary/aromatic N) is 3. The van der Waals surface area contributed by atoms with Crippen LogP contribution in [-0.2, 0) is 6.54 Å². The summed E-state index contributed by atoms with van der Waals surface area (Å²) in [6.07, 6.45) is 1.42. The third-order valence-corrected chi connectivity index (χ3v) is 4.07. The Bertz CT molecular complexity index is 673. The number of hydrogen-bond donors (Lipinski definition) is 0. The quantitative estimate of drug-likeness (QED) is 0.595. The van der Waals surface area contributed by atoms with Crippen molar-refractivity contribution in [3.8, 4) is 5.75 Å². The number of rotatable bonds is 3. The van der Waals surface area contributed by atoms with Crippen LogP contribution >= 0.6 is 34.2 Å². The third kappa shape index (κ3) is 3.24. The fourth-order valence-corrected chi connectivity index (χ4v) is 2.21. The van der Waals surface area contributed by atoms with Crippen LogP contribution in [0.4, 0.5) is 0 Å².